The molecule has 7 nitrogen and oxygen atoms in total. The lowest BCUT2D eigenvalue weighted by molar-refractivity contribution is 0.197. The van der Waals surface area contributed by atoms with Gasteiger partial charge in [0, 0.05) is 42.9 Å². The van der Waals surface area contributed by atoms with Crippen LogP contribution in [0.4, 0.5) is 10.3 Å². The summed E-state index contributed by atoms with van der Waals surface area (Å²) < 4.78 is 24.9. The number of aryl methyl sites for hydroxylation is 1. The third-order valence-electron chi connectivity index (χ3n) is 6.34. The molecule has 1 saturated heterocycles. The molecule has 4 rings (SSSR count). The van der Waals surface area contributed by atoms with Crippen LogP contribution in [0.5, 0.6) is 11.5 Å². The maximum absolute atomic E-state index is 14.0. The third kappa shape index (κ3) is 4.14. The fourth-order valence-corrected chi connectivity index (χ4v) is 4.54. The van der Waals surface area contributed by atoms with Gasteiger partial charge in [-0.15, -0.1) is 0 Å². The lowest BCUT2D eigenvalue weighted by Gasteiger charge is -2.37. The van der Waals surface area contributed by atoms with Crippen molar-refractivity contribution in [3.63, 3.8) is 0 Å². The largest absolute Gasteiger partial charge is 0.493 e. The number of halogens is 1. The number of hydrogen-bond donors (Lipinski definition) is 1. The lowest BCUT2D eigenvalue weighted by Crippen LogP contribution is -2.44. The van der Waals surface area contributed by atoms with Gasteiger partial charge in [-0.25, -0.2) is 4.39 Å². The number of piperidine rings is 1. The van der Waals surface area contributed by atoms with Gasteiger partial charge >= 0.3 is 0 Å². The number of benzene rings is 2. The maximum Gasteiger partial charge on any atom is 0.282 e. The molecule has 3 aromatic rings. The number of aromatic nitrogens is 2. The van der Waals surface area contributed by atoms with Gasteiger partial charge in [0.1, 0.15) is 5.82 Å². The van der Waals surface area contributed by atoms with Crippen LogP contribution in [-0.4, -0.2) is 55.3 Å². The minimum Gasteiger partial charge on any atom is -0.493 e. The van der Waals surface area contributed by atoms with Crippen molar-refractivity contribution in [2.24, 2.45) is 0 Å². The maximum atomic E-state index is 14.0. The van der Waals surface area contributed by atoms with Crippen LogP contribution in [0.3, 0.4) is 0 Å². The van der Waals surface area contributed by atoms with E-state index in [9.17, 15) is 9.18 Å². The Morgan fingerprint density at radius 1 is 1.22 bits per heavy atom. The molecule has 0 saturated carbocycles. The smallest absolute Gasteiger partial charge is 0.282 e. The first-order chi connectivity index (χ1) is 15.4. The van der Waals surface area contributed by atoms with E-state index < -0.39 is 0 Å². The molecular formula is C24H29FN4O3. The summed E-state index contributed by atoms with van der Waals surface area (Å²) in [5.74, 6) is 1.50. The molecule has 0 bridgehead atoms. The quantitative estimate of drug-likeness (QED) is 0.633. The van der Waals surface area contributed by atoms with Gasteiger partial charge in [0.05, 0.1) is 25.1 Å². The molecule has 0 spiro atoms. The predicted octanol–water partition coefficient (Wildman–Crippen LogP) is 3.49. The minimum absolute atomic E-state index is 0.169. The van der Waals surface area contributed by atoms with E-state index in [1.54, 1.807) is 26.4 Å². The van der Waals surface area contributed by atoms with Crippen LogP contribution in [0, 0.1) is 12.7 Å². The van der Waals surface area contributed by atoms with Crippen molar-refractivity contribution in [3.8, 4) is 11.5 Å². The predicted molar refractivity (Wildman–Crippen MR) is 123 cm³/mol. The number of ether oxygens (including phenoxy) is 2. The number of nitrogens with zero attached hydrogens (tertiary/aromatic N) is 3. The van der Waals surface area contributed by atoms with Crippen molar-refractivity contribution in [2.75, 3.05) is 39.3 Å². The Bertz CT molecular complexity index is 1170. The highest BCUT2D eigenvalue weighted by Gasteiger charge is 2.25. The standard InChI is InChI=1S/C24H29FN4O3/c1-15-21-19(13-20(31-3)22(15)32-4)26-24(27-23(21)30)29-11-9-17(10-12-29)28(2)14-16-7-5-6-8-18(16)25/h5-8,13,17H,9-12,14H2,1-4H3,(H,26,27,30). The number of H-pyrrole nitrogens is 1. The zero-order chi connectivity index (χ0) is 22.8. The highest BCUT2D eigenvalue weighted by Crippen LogP contribution is 2.35. The van der Waals surface area contributed by atoms with E-state index in [-0.39, 0.29) is 11.4 Å². The van der Waals surface area contributed by atoms with Gasteiger partial charge in [0.25, 0.3) is 5.56 Å². The number of hydrogen-bond acceptors (Lipinski definition) is 6. The van der Waals surface area contributed by atoms with E-state index in [2.05, 4.69) is 19.8 Å². The zero-order valence-corrected chi connectivity index (χ0v) is 18.9. The Balaban J connectivity index is 1.51. The summed E-state index contributed by atoms with van der Waals surface area (Å²) in [4.78, 5) is 24.8. The third-order valence-corrected chi connectivity index (χ3v) is 6.34. The Hall–Kier alpha value is -3.13. The molecule has 1 aliphatic heterocycles. The second-order valence-corrected chi connectivity index (χ2v) is 8.25. The van der Waals surface area contributed by atoms with Crippen LogP contribution in [0.15, 0.2) is 35.1 Å². The van der Waals surface area contributed by atoms with Gasteiger partial charge in [-0.2, -0.15) is 4.98 Å². The number of rotatable bonds is 6. The fourth-order valence-electron chi connectivity index (χ4n) is 4.54. The van der Waals surface area contributed by atoms with Gasteiger partial charge in [0.2, 0.25) is 5.95 Å². The number of methoxy groups -OCH3 is 2. The Morgan fingerprint density at radius 3 is 2.59 bits per heavy atom. The molecule has 1 fully saturated rings. The van der Waals surface area contributed by atoms with E-state index in [1.165, 1.54) is 6.07 Å². The number of nitrogens with one attached hydrogen (secondary N) is 1. The van der Waals surface area contributed by atoms with Crippen LogP contribution in [0.2, 0.25) is 0 Å². The highest BCUT2D eigenvalue weighted by atomic mass is 19.1. The average molecular weight is 441 g/mol. The molecule has 2 aromatic carbocycles. The van der Waals surface area contributed by atoms with E-state index in [1.807, 2.05) is 26.1 Å². The summed E-state index contributed by atoms with van der Waals surface area (Å²) in [6.45, 7) is 3.92. The molecule has 0 atom stereocenters. The summed E-state index contributed by atoms with van der Waals surface area (Å²) in [6.07, 6.45) is 1.80. The molecule has 1 aromatic heterocycles. The van der Waals surface area contributed by atoms with Crippen molar-refractivity contribution in [1.82, 2.24) is 14.9 Å². The monoisotopic (exact) mass is 440 g/mol. The first-order valence-electron chi connectivity index (χ1n) is 10.8. The van der Waals surface area contributed by atoms with E-state index >= 15 is 0 Å². The van der Waals surface area contributed by atoms with Gasteiger partial charge in [0.15, 0.2) is 11.5 Å². The van der Waals surface area contributed by atoms with Crippen LogP contribution in [-0.2, 0) is 6.54 Å². The number of fused-ring (bicyclic) bond motifs is 1. The van der Waals surface area contributed by atoms with Crippen molar-refractivity contribution in [3.05, 3.63) is 57.6 Å². The summed E-state index contributed by atoms with van der Waals surface area (Å²) in [7, 11) is 5.16. The van der Waals surface area contributed by atoms with Crippen molar-refractivity contribution in [1.29, 1.82) is 0 Å². The Labute approximate surface area is 186 Å². The van der Waals surface area contributed by atoms with Crippen molar-refractivity contribution in [2.45, 2.75) is 32.4 Å². The number of aromatic amines is 1. The molecule has 32 heavy (non-hydrogen) atoms. The summed E-state index contributed by atoms with van der Waals surface area (Å²) in [5, 5.41) is 0.505. The fraction of sp³-hybridized carbons (Fsp3) is 0.417. The molecule has 0 amide bonds. The summed E-state index contributed by atoms with van der Waals surface area (Å²) in [6, 6.07) is 9.02. The molecule has 0 unspecified atom stereocenters. The van der Waals surface area contributed by atoms with Crippen molar-refractivity contribution >= 4 is 16.9 Å². The molecule has 2 heterocycles. The van der Waals surface area contributed by atoms with Gasteiger partial charge in [-0.05, 0) is 32.9 Å². The molecule has 0 aliphatic carbocycles. The number of anilines is 1. The summed E-state index contributed by atoms with van der Waals surface area (Å²) >= 11 is 0. The minimum atomic E-state index is -0.286. The molecule has 0 radical (unpaired) electrons. The average Bonchev–Trinajstić information content (AvgIpc) is 2.80. The van der Waals surface area contributed by atoms with Crippen LogP contribution in [0.1, 0.15) is 24.0 Å². The van der Waals surface area contributed by atoms with Gasteiger partial charge in [-0.1, -0.05) is 18.2 Å². The van der Waals surface area contributed by atoms with Crippen molar-refractivity contribution < 1.29 is 13.9 Å². The van der Waals surface area contributed by atoms with Gasteiger partial charge in [-0.3, -0.25) is 9.69 Å². The first-order valence-corrected chi connectivity index (χ1v) is 10.8. The Kier molecular flexibility index (Phi) is 6.32. The van der Waals surface area contributed by atoms with Crippen LogP contribution >= 0.6 is 0 Å². The molecule has 8 heteroatoms. The molecule has 1 aliphatic rings. The molecule has 170 valence electrons. The lowest BCUT2D eigenvalue weighted by atomic mass is 10.0. The van der Waals surface area contributed by atoms with E-state index in [0.717, 1.165) is 25.9 Å². The zero-order valence-electron chi connectivity index (χ0n) is 18.9. The summed E-state index contributed by atoms with van der Waals surface area (Å²) in [5.41, 5.74) is 1.80. The molecule has 1 N–H and O–H groups in total. The Morgan fingerprint density at radius 2 is 1.94 bits per heavy atom. The van der Waals surface area contributed by atoms with Crippen LogP contribution < -0.4 is 19.9 Å². The highest BCUT2D eigenvalue weighted by molar-refractivity contribution is 5.86. The topological polar surface area (TPSA) is 70.7 Å². The van der Waals surface area contributed by atoms with E-state index in [0.29, 0.717) is 52.1 Å². The van der Waals surface area contributed by atoms with E-state index in [4.69, 9.17) is 9.47 Å². The normalized spacial score (nSPS) is 14.9. The van der Waals surface area contributed by atoms with Crippen LogP contribution in [0.25, 0.3) is 10.9 Å². The first kappa shape index (κ1) is 22.1. The second kappa shape index (κ2) is 9.16. The second-order valence-electron chi connectivity index (χ2n) is 8.25. The SMILES string of the molecule is COc1cc2[nH]c(N3CCC(N(C)Cc4ccccc4F)CC3)nc(=O)c2c(C)c1OC. The van der Waals surface area contributed by atoms with Gasteiger partial charge < -0.3 is 19.4 Å². The molecular weight excluding hydrogens is 411 g/mol.